The number of nitrogens with zero attached hydrogens (tertiary/aromatic N) is 2. The van der Waals surface area contributed by atoms with Crippen molar-refractivity contribution in [1.82, 2.24) is 0 Å². The van der Waals surface area contributed by atoms with Gasteiger partial charge in [0.15, 0.2) is 0 Å². The number of sulfonamides is 1. The summed E-state index contributed by atoms with van der Waals surface area (Å²) in [6.07, 6.45) is 0. The van der Waals surface area contributed by atoms with E-state index in [1.807, 2.05) is 30.3 Å². The molecule has 0 aliphatic carbocycles. The monoisotopic (exact) mass is 424 g/mol. The molecule has 0 atom stereocenters. The molecule has 146 valence electrons. The summed E-state index contributed by atoms with van der Waals surface area (Å²) in [7, 11) is -3.86. The highest BCUT2D eigenvalue weighted by molar-refractivity contribution is 7.93. The molecular formula is C21H16N2O4S2. The largest absolute Gasteiger partial charge is 0.269 e. The SMILES string of the molecule is O=[N+]([O-])c1cccc(CN(c2cc3ccccc3s2)S(=O)(=O)c2ccccc2)c1. The highest BCUT2D eigenvalue weighted by atomic mass is 32.2. The lowest BCUT2D eigenvalue weighted by Gasteiger charge is -2.23. The summed E-state index contributed by atoms with van der Waals surface area (Å²) in [6.45, 7) is -0.00820. The van der Waals surface area contributed by atoms with Crippen molar-refractivity contribution in [2.24, 2.45) is 0 Å². The van der Waals surface area contributed by atoms with E-state index in [1.54, 1.807) is 42.5 Å². The Morgan fingerprint density at radius 2 is 1.62 bits per heavy atom. The zero-order valence-electron chi connectivity index (χ0n) is 15.1. The predicted molar refractivity (Wildman–Crippen MR) is 115 cm³/mol. The van der Waals surface area contributed by atoms with E-state index >= 15 is 0 Å². The molecule has 0 amide bonds. The first-order chi connectivity index (χ1) is 13.9. The first-order valence-electron chi connectivity index (χ1n) is 8.75. The molecule has 4 aromatic rings. The van der Waals surface area contributed by atoms with Gasteiger partial charge in [-0.1, -0.05) is 48.5 Å². The van der Waals surface area contributed by atoms with Crippen LogP contribution >= 0.6 is 11.3 Å². The summed E-state index contributed by atoms with van der Waals surface area (Å²) < 4.78 is 29.1. The van der Waals surface area contributed by atoms with Gasteiger partial charge in [0.2, 0.25) is 0 Å². The van der Waals surface area contributed by atoms with E-state index in [0.717, 1.165) is 10.1 Å². The van der Waals surface area contributed by atoms with Crippen LogP contribution in [0, 0.1) is 10.1 Å². The van der Waals surface area contributed by atoms with Crippen LogP contribution in [-0.2, 0) is 16.6 Å². The fourth-order valence-electron chi connectivity index (χ4n) is 3.03. The summed E-state index contributed by atoms with van der Waals surface area (Å²) >= 11 is 1.37. The molecule has 4 rings (SSSR count). The van der Waals surface area contributed by atoms with Crippen LogP contribution in [0.1, 0.15) is 5.56 Å². The van der Waals surface area contributed by atoms with E-state index < -0.39 is 14.9 Å². The average Bonchev–Trinajstić information content (AvgIpc) is 3.16. The van der Waals surface area contributed by atoms with Crippen LogP contribution in [0.4, 0.5) is 10.7 Å². The number of hydrogen-bond acceptors (Lipinski definition) is 5. The van der Waals surface area contributed by atoms with Gasteiger partial charge in [0.05, 0.1) is 16.4 Å². The number of nitro benzene ring substituents is 1. The molecule has 3 aromatic carbocycles. The van der Waals surface area contributed by atoms with Crippen molar-refractivity contribution in [2.45, 2.75) is 11.4 Å². The van der Waals surface area contributed by atoms with Crippen molar-refractivity contribution in [2.75, 3.05) is 4.31 Å². The Kier molecular flexibility index (Phi) is 5.04. The van der Waals surface area contributed by atoms with Gasteiger partial charge in [-0.05, 0) is 35.2 Å². The van der Waals surface area contributed by atoms with E-state index in [2.05, 4.69) is 0 Å². The summed E-state index contributed by atoms with van der Waals surface area (Å²) in [4.78, 5) is 10.8. The second-order valence-corrected chi connectivity index (χ2v) is 9.30. The van der Waals surface area contributed by atoms with Crippen molar-refractivity contribution in [1.29, 1.82) is 0 Å². The second-order valence-electron chi connectivity index (χ2n) is 6.37. The van der Waals surface area contributed by atoms with E-state index in [0.29, 0.717) is 10.6 Å². The zero-order valence-corrected chi connectivity index (χ0v) is 16.8. The van der Waals surface area contributed by atoms with Gasteiger partial charge in [0.1, 0.15) is 5.00 Å². The highest BCUT2D eigenvalue weighted by Gasteiger charge is 2.27. The quantitative estimate of drug-likeness (QED) is 0.314. The molecule has 6 nitrogen and oxygen atoms in total. The third-order valence-corrected chi connectivity index (χ3v) is 7.47. The fraction of sp³-hybridized carbons (Fsp3) is 0.0476. The third kappa shape index (κ3) is 3.85. The molecule has 0 unspecified atom stereocenters. The maximum Gasteiger partial charge on any atom is 0.269 e. The normalized spacial score (nSPS) is 11.4. The Morgan fingerprint density at radius 1 is 0.897 bits per heavy atom. The van der Waals surface area contributed by atoms with Gasteiger partial charge in [0.25, 0.3) is 15.7 Å². The van der Waals surface area contributed by atoms with Gasteiger partial charge in [0, 0.05) is 16.8 Å². The lowest BCUT2D eigenvalue weighted by atomic mass is 10.2. The molecule has 0 spiro atoms. The molecule has 0 fully saturated rings. The minimum atomic E-state index is -3.86. The van der Waals surface area contributed by atoms with Crippen molar-refractivity contribution in [3.05, 3.63) is 101 Å². The topological polar surface area (TPSA) is 80.5 Å². The molecule has 0 bridgehead atoms. The molecule has 1 aromatic heterocycles. The molecular weight excluding hydrogens is 408 g/mol. The number of anilines is 1. The Labute approximate surface area is 171 Å². The highest BCUT2D eigenvalue weighted by Crippen LogP contribution is 2.36. The summed E-state index contributed by atoms with van der Waals surface area (Å²) in [6, 6.07) is 23.7. The summed E-state index contributed by atoms with van der Waals surface area (Å²) in [5.74, 6) is 0. The van der Waals surface area contributed by atoms with Crippen LogP contribution in [0.3, 0.4) is 0 Å². The summed E-state index contributed by atoms with van der Waals surface area (Å²) in [5.41, 5.74) is 0.465. The number of hydrogen-bond donors (Lipinski definition) is 0. The van der Waals surface area contributed by atoms with Crippen LogP contribution in [-0.4, -0.2) is 13.3 Å². The number of fused-ring (bicyclic) bond motifs is 1. The maximum atomic E-state index is 13.4. The van der Waals surface area contributed by atoms with Crippen LogP contribution in [0.2, 0.25) is 0 Å². The Bertz CT molecular complexity index is 1250. The van der Waals surface area contributed by atoms with E-state index in [-0.39, 0.29) is 17.1 Å². The molecule has 0 radical (unpaired) electrons. The molecule has 29 heavy (non-hydrogen) atoms. The Hall–Kier alpha value is -3.23. The number of non-ortho nitro benzene ring substituents is 1. The van der Waals surface area contributed by atoms with Gasteiger partial charge in [-0.15, -0.1) is 11.3 Å². The molecule has 0 aliphatic heterocycles. The molecule has 0 saturated heterocycles. The number of thiophene rings is 1. The maximum absolute atomic E-state index is 13.4. The third-order valence-electron chi connectivity index (χ3n) is 4.44. The fourth-order valence-corrected chi connectivity index (χ4v) is 5.77. The van der Waals surface area contributed by atoms with E-state index in [9.17, 15) is 18.5 Å². The summed E-state index contributed by atoms with van der Waals surface area (Å²) in [5, 5.41) is 12.6. The molecule has 8 heteroatoms. The lowest BCUT2D eigenvalue weighted by Crippen LogP contribution is -2.29. The minimum absolute atomic E-state index is 0.00820. The predicted octanol–water partition coefficient (Wildman–Crippen LogP) is 5.21. The van der Waals surface area contributed by atoms with Crippen LogP contribution < -0.4 is 4.31 Å². The van der Waals surface area contributed by atoms with Gasteiger partial charge >= 0.3 is 0 Å². The van der Waals surface area contributed by atoms with Crippen molar-refractivity contribution >= 4 is 42.1 Å². The van der Waals surface area contributed by atoms with Gasteiger partial charge < -0.3 is 0 Å². The van der Waals surface area contributed by atoms with Crippen LogP contribution in [0.5, 0.6) is 0 Å². The zero-order chi connectivity index (χ0) is 20.4. The number of nitro groups is 1. The minimum Gasteiger partial charge on any atom is -0.258 e. The van der Waals surface area contributed by atoms with Crippen molar-refractivity contribution in [3.63, 3.8) is 0 Å². The molecule has 1 heterocycles. The van der Waals surface area contributed by atoms with Crippen LogP contribution in [0.25, 0.3) is 10.1 Å². The standard InChI is InChI=1S/C21H16N2O4S2/c24-23(25)18-9-6-7-16(13-18)15-22(29(26,27)19-10-2-1-3-11-19)21-14-17-8-4-5-12-20(17)28-21/h1-14H,15H2. The lowest BCUT2D eigenvalue weighted by molar-refractivity contribution is -0.384. The average molecular weight is 425 g/mol. The van der Waals surface area contributed by atoms with Crippen molar-refractivity contribution < 1.29 is 13.3 Å². The first-order valence-corrected chi connectivity index (χ1v) is 11.0. The van der Waals surface area contributed by atoms with E-state index in [1.165, 1.54) is 27.8 Å². The Balaban J connectivity index is 1.83. The van der Waals surface area contributed by atoms with Gasteiger partial charge in [-0.3, -0.25) is 14.4 Å². The second kappa shape index (κ2) is 7.65. The van der Waals surface area contributed by atoms with E-state index in [4.69, 9.17) is 0 Å². The van der Waals surface area contributed by atoms with Gasteiger partial charge in [-0.25, -0.2) is 8.42 Å². The van der Waals surface area contributed by atoms with Gasteiger partial charge in [-0.2, -0.15) is 0 Å². The Morgan fingerprint density at radius 3 is 2.34 bits per heavy atom. The number of rotatable bonds is 6. The first kappa shape index (κ1) is 19.1. The molecule has 0 saturated carbocycles. The van der Waals surface area contributed by atoms with Crippen LogP contribution in [0.15, 0.2) is 89.8 Å². The smallest absolute Gasteiger partial charge is 0.258 e. The van der Waals surface area contributed by atoms with Crippen molar-refractivity contribution in [3.8, 4) is 0 Å². The molecule has 0 N–H and O–H groups in total. The number of benzene rings is 3. The molecule has 0 aliphatic rings.